The van der Waals surface area contributed by atoms with Gasteiger partial charge in [-0.05, 0) is 50.0 Å². The average Bonchev–Trinajstić information content (AvgIpc) is 2.97. The molecule has 1 fully saturated rings. The van der Waals surface area contributed by atoms with Crippen molar-refractivity contribution in [3.8, 4) is 0 Å². The Morgan fingerprint density at radius 2 is 2.17 bits per heavy atom. The van der Waals surface area contributed by atoms with Gasteiger partial charge in [0.2, 0.25) is 5.91 Å². The van der Waals surface area contributed by atoms with Crippen LogP contribution in [0.4, 0.5) is 10.8 Å². The van der Waals surface area contributed by atoms with Gasteiger partial charge in [-0.3, -0.25) is 14.6 Å². The van der Waals surface area contributed by atoms with E-state index in [0.29, 0.717) is 10.2 Å². The number of carbonyl (C=O) groups excluding carboxylic acids is 1. The molecule has 1 saturated heterocycles. The third-order valence-corrected chi connectivity index (χ3v) is 5.48. The number of hydrogen-bond acceptors (Lipinski definition) is 4. The fraction of sp³-hybridized carbons (Fsp3) is 0.444. The van der Waals surface area contributed by atoms with E-state index in [1.807, 2.05) is 17.5 Å². The van der Waals surface area contributed by atoms with E-state index in [0.717, 1.165) is 36.9 Å². The largest absolute Gasteiger partial charge is 0.297 e. The van der Waals surface area contributed by atoms with Crippen molar-refractivity contribution in [1.29, 1.82) is 0 Å². The maximum Gasteiger partial charge on any atom is 0.230 e. The lowest BCUT2D eigenvalue weighted by atomic mass is 9.99. The van der Waals surface area contributed by atoms with Gasteiger partial charge in [-0.2, -0.15) is 0 Å². The summed E-state index contributed by atoms with van der Waals surface area (Å²) < 4.78 is 0. The van der Waals surface area contributed by atoms with E-state index in [-0.39, 0.29) is 5.91 Å². The smallest absolute Gasteiger partial charge is 0.230 e. The summed E-state index contributed by atoms with van der Waals surface area (Å²) in [5.74, 6) is 0.758. The van der Waals surface area contributed by atoms with Crippen LogP contribution in [0.3, 0.4) is 0 Å². The third-order valence-electron chi connectivity index (χ3n) is 4.37. The minimum atomic E-state index is -0.0648. The maximum atomic E-state index is 12.1. The molecule has 6 heteroatoms. The number of hydrogen-bond donors (Lipinski definition) is 0. The number of piperidine rings is 1. The fourth-order valence-electron chi connectivity index (χ4n) is 2.96. The minimum Gasteiger partial charge on any atom is -0.297 e. The second kappa shape index (κ2) is 7.64. The quantitative estimate of drug-likeness (QED) is 0.789. The number of aromatic nitrogens is 1. The standard InChI is InChI=1S/C18H22ClN3OS/c1-13-6-8-21(9-7-13)11-16-12-24-18(20-16)22(14(2)23)17-5-3-4-15(19)10-17/h3-5,10,12-13H,6-9,11H2,1-2H3. The molecule has 2 aromatic rings. The Labute approximate surface area is 152 Å². The molecule has 1 aliphatic heterocycles. The van der Waals surface area contributed by atoms with Crippen molar-refractivity contribution in [2.45, 2.75) is 33.2 Å². The Bertz CT molecular complexity index is 710. The summed E-state index contributed by atoms with van der Waals surface area (Å²) in [5.41, 5.74) is 1.78. The van der Waals surface area contributed by atoms with Crippen LogP contribution in [0.15, 0.2) is 29.6 Å². The van der Waals surface area contributed by atoms with Gasteiger partial charge in [-0.25, -0.2) is 4.98 Å². The summed E-state index contributed by atoms with van der Waals surface area (Å²) in [6, 6.07) is 7.31. The Hall–Kier alpha value is -1.43. The van der Waals surface area contributed by atoms with Crippen molar-refractivity contribution in [3.05, 3.63) is 40.4 Å². The number of amides is 1. The normalized spacial score (nSPS) is 16.3. The summed E-state index contributed by atoms with van der Waals surface area (Å²) in [4.78, 5) is 20.9. The molecule has 3 rings (SSSR count). The molecule has 0 unspecified atom stereocenters. The third kappa shape index (κ3) is 4.15. The first-order valence-corrected chi connectivity index (χ1v) is 9.51. The van der Waals surface area contributed by atoms with E-state index in [9.17, 15) is 4.79 Å². The molecule has 128 valence electrons. The number of carbonyl (C=O) groups is 1. The molecule has 24 heavy (non-hydrogen) atoms. The summed E-state index contributed by atoms with van der Waals surface area (Å²) in [5, 5.41) is 3.36. The molecule has 1 aliphatic rings. The molecule has 2 heterocycles. The highest BCUT2D eigenvalue weighted by molar-refractivity contribution is 7.14. The van der Waals surface area contributed by atoms with Gasteiger partial charge in [-0.15, -0.1) is 11.3 Å². The van der Waals surface area contributed by atoms with Crippen LogP contribution in [-0.4, -0.2) is 28.9 Å². The van der Waals surface area contributed by atoms with Crippen molar-refractivity contribution in [3.63, 3.8) is 0 Å². The number of thiazole rings is 1. The van der Waals surface area contributed by atoms with Gasteiger partial charge in [0.1, 0.15) is 0 Å². The zero-order valence-electron chi connectivity index (χ0n) is 14.0. The molecule has 1 aromatic carbocycles. The summed E-state index contributed by atoms with van der Waals surface area (Å²) in [7, 11) is 0. The van der Waals surface area contributed by atoms with Crippen LogP contribution < -0.4 is 4.90 Å². The monoisotopic (exact) mass is 363 g/mol. The second-order valence-corrected chi connectivity index (χ2v) is 7.69. The van der Waals surface area contributed by atoms with E-state index in [2.05, 4.69) is 16.8 Å². The van der Waals surface area contributed by atoms with Gasteiger partial charge < -0.3 is 0 Å². The number of halogens is 1. The molecule has 0 radical (unpaired) electrons. The van der Waals surface area contributed by atoms with Crippen molar-refractivity contribution >= 4 is 39.7 Å². The zero-order chi connectivity index (χ0) is 17.1. The molecule has 0 atom stereocenters. The van der Waals surface area contributed by atoms with Gasteiger partial charge in [-0.1, -0.05) is 24.6 Å². The first kappa shape index (κ1) is 17.4. The summed E-state index contributed by atoms with van der Waals surface area (Å²) in [6.45, 7) is 6.96. The molecule has 0 N–H and O–H groups in total. The Balaban J connectivity index is 1.76. The van der Waals surface area contributed by atoms with Crippen molar-refractivity contribution in [1.82, 2.24) is 9.88 Å². The molecular weight excluding hydrogens is 342 g/mol. The predicted molar refractivity (Wildman–Crippen MR) is 100 cm³/mol. The fourth-order valence-corrected chi connectivity index (χ4v) is 4.03. The Kier molecular flexibility index (Phi) is 5.54. The highest BCUT2D eigenvalue weighted by atomic mass is 35.5. The zero-order valence-corrected chi connectivity index (χ0v) is 15.6. The minimum absolute atomic E-state index is 0.0648. The topological polar surface area (TPSA) is 36.4 Å². The maximum absolute atomic E-state index is 12.1. The van der Waals surface area contributed by atoms with Crippen LogP contribution in [-0.2, 0) is 11.3 Å². The van der Waals surface area contributed by atoms with Crippen LogP contribution in [0.2, 0.25) is 5.02 Å². The molecular formula is C18H22ClN3OS. The Morgan fingerprint density at radius 3 is 2.83 bits per heavy atom. The van der Waals surface area contributed by atoms with Gasteiger partial charge in [0.05, 0.1) is 11.4 Å². The Morgan fingerprint density at radius 1 is 1.42 bits per heavy atom. The second-order valence-electron chi connectivity index (χ2n) is 6.41. The van der Waals surface area contributed by atoms with Crippen LogP contribution in [0.1, 0.15) is 32.4 Å². The molecule has 0 spiro atoms. The number of likely N-dealkylation sites (tertiary alicyclic amines) is 1. The van der Waals surface area contributed by atoms with Crippen molar-refractivity contribution in [2.24, 2.45) is 5.92 Å². The van der Waals surface area contributed by atoms with Crippen LogP contribution >= 0.6 is 22.9 Å². The number of benzene rings is 1. The van der Waals surface area contributed by atoms with E-state index >= 15 is 0 Å². The van der Waals surface area contributed by atoms with E-state index in [1.165, 1.54) is 24.2 Å². The van der Waals surface area contributed by atoms with Gasteiger partial charge >= 0.3 is 0 Å². The van der Waals surface area contributed by atoms with Gasteiger partial charge in [0.15, 0.2) is 5.13 Å². The molecule has 1 aromatic heterocycles. The number of nitrogens with zero attached hydrogens (tertiary/aromatic N) is 3. The summed E-state index contributed by atoms with van der Waals surface area (Å²) >= 11 is 7.57. The first-order valence-electron chi connectivity index (χ1n) is 8.26. The molecule has 1 amide bonds. The highest BCUT2D eigenvalue weighted by Gasteiger charge is 2.20. The van der Waals surface area contributed by atoms with Crippen LogP contribution in [0, 0.1) is 5.92 Å². The van der Waals surface area contributed by atoms with Crippen LogP contribution in [0.25, 0.3) is 0 Å². The predicted octanol–water partition coefficient (Wildman–Crippen LogP) is 4.71. The van der Waals surface area contributed by atoms with Gasteiger partial charge in [0, 0.05) is 23.9 Å². The highest BCUT2D eigenvalue weighted by Crippen LogP contribution is 2.31. The van der Waals surface area contributed by atoms with Crippen molar-refractivity contribution < 1.29 is 4.79 Å². The molecule has 0 aliphatic carbocycles. The lowest BCUT2D eigenvalue weighted by Gasteiger charge is -2.29. The van der Waals surface area contributed by atoms with Crippen LogP contribution in [0.5, 0.6) is 0 Å². The molecule has 0 saturated carbocycles. The van der Waals surface area contributed by atoms with Gasteiger partial charge in [0.25, 0.3) is 0 Å². The molecule has 4 nitrogen and oxygen atoms in total. The molecule has 0 bridgehead atoms. The average molecular weight is 364 g/mol. The number of rotatable bonds is 4. The van der Waals surface area contributed by atoms with E-state index in [4.69, 9.17) is 11.6 Å². The summed E-state index contributed by atoms with van der Waals surface area (Å²) in [6.07, 6.45) is 2.50. The van der Waals surface area contributed by atoms with E-state index in [1.54, 1.807) is 24.0 Å². The number of anilines is 2. The lowest BCUT2D eigenvalue weighted by molar-refractivity contribution is -0.115. The first-order chi connectivity index (χ1) is 11.5. The SMILES string of the molecule is CC(=O)N(c1cccc(Cl)c1)c1nc(CN2CCC(C)CC2)cs1. The van der Waals surface area contributed by atoms with Crippen molar-refractivity contribution in [2.75, 3.05) is 18.0 Å². The van der Waals surface area contributed by atoms with E-state index < -0.39 is 0 Å². The lowest BCUT2D eigenvalue weighted by Crippen LogP contribution is -2.32.